The van der Waals surface area contributed by atoms with E-state index < -0.39 is 5.41 Å². The summed E-state index contributed by atoms with van der Waals surface area (Å²) in [4.78, 5) is 12.3. The smallest absolute Gasteiger partial charge is 0.230 e. The molecule has 0 spiro atoms. The van der Waals surface area contributed by atoms with E-state index in [-0.39, 0.29) is 5.91 Å². The Kier molecular flexibility index (Phi) is 5.18. The molecule has 1 amide bonds. The van der Waals surface area contributed by atoms with E-state index in [0.717, 1.165) is 31.1 Å². The fourth-order valence-electron chi connectivity index (χ4n) is 2.12. The van der Waals surface area contributed by atoms with Crippen LogP contribution in [0.3, 0.4) is 0 Å². The molecule has 2 rings (SSSR count). The highest BCUT2D eigenvalue weighted by molar-refractivity contribution is 5.87. The summed E-state index contributed by atoms with van der Waals surface area (Å²) in [6, 6.07) is 9.90. The molecule has 0 saturated heterocycles. The first-order chi connectivity index (χ1) is 9.60. The second kappa shape index (κ2) is 6.89. The number of amides is 1. The fourth-order valence-corrected chi connectivity index (χ4v) is 2.12. The van der Waals surface area contributed by atoms with Crippen LogP contribution in [0.1, 0.15) is 38.7 Å². The maximum atomic E-state index is 12.3. The van der Waals surface area contributed by atoms with Crippen LogP contribution in [0.25, 0.3) is 0 Å². The third-order valence-electron chi connectivity index (χ3n) is 3.86. The summed E-state index contributed by atoms with van der Waals surface area (Å²) in [5, 5.41) is 3.01. The molecule has 1 aromatic carbocycles. The minimum Gasteiger partial charge on any atom is -0.381 e. The van der Waals surface area contributed by atoms with E-state index in [1.54, 1.807) is 0 Å². The Hall–Kier alpha value is -1.35. The van der Waals surface area contributed by atoms with Crippen molar-refractivity contribution in [3.8, 4) is 0 Å². The van der Waals surface area contributed by atoms with Crippen molar-refractivity contribution in [1.29, 1.82) is 0 Å². The van der Waals surface area contributed by atoms with Crippen LogP contribution in [0, 0.1) is 5.92 Å². The summed E-state index contributed by atoms with van der Waals surface area (Å²) in [5.41, 5.74) is 0.554. The van der Waals surface area contributed by atoms with Crippen LogP contribution < -0.4 is 5.32 Å². The van der Waals surface area contributed by atoms with Gasteiger partial charge < -0.3 is 10.1 Å². The molecule has 0 unspecified atom stereocenters. The van der Waals surface area contributed by atoms with Gasteiger partial charge >= 0.3 is 0 Å². The number of rotatable bonds is 8. The van der Waals surface area contributed by atoms with Gasteiger partial charge in [-0.05, 0) is 44.6 Å². The van der Waals surface area contributed by atoms with Crippen molar-refractivity contribution < 1.29 is 9.53 Å². The third-order valence-corrected chi connectivity index (χ3v) is 3.86. The molecule has 20 heavy (non-hydrogen) atoms. The molecule has 0 aromatic heterocycles. The summed E-state index contributed by atoms with van der Waals surface area (Å²) < 4.78 is 5.56. The van der Waals surface area contributed by atoms with Gasteiger partial charge in [-0.25, -0.2) is 0 Å². The van der Waals surface area contributed by atoms with Crippen molar-refractivity contribution in [3.63, 3.8) is 0 Å². The highest BCUT2D eigenvalue weighted by atomic mass is 16.5. The SMILES string of the molecule is CC(C)(C(=O)NCCCOCC1CC1)c1ccccc1. The Morgan fingerprint density at radius 3 is 2.65 bits per heavy atom. The molecule has 1 aliphatic carbocycles. The van der Waals surface area contributed by atoms with E-state index in [1.807, 2.05) is 44.2 Å². The van der Waals surface area contributed by atoms with E-state index in [9.17, 15) is 4.79 Å². The van der Waals surface area contributed by atoms with Crippen molar-refractivity contribution in [3.05, 3.63) is 35.9 Å². The summed E-state index contributed by atoms with van der Waals surface area (Å²) in [6.07, 6.45) is 3.52. The van der Waals surface area contributed by atoms with Crippen LogP contribution in [0.5, 0.6) is 0 Å². The summed E-state index contributed by atoms with van der Waals surface area (Å²) in [6.45, 7) is 6.23. The van der Waals surface area contributed by atoms with Crippen LogP contribution in [0.15, 0.2) is 30.3 Å². The van der Waals surface area contributed by atoms with Crippen LogP contribution in [-0.2, 0) is 14.9 Å². The minimum absolute atomic E-state index is 0.0749. The second-order valence-electron chi connectivity index (χ2n) is 6.12. The van der Waals surface area contributed by atoms with E-state index in [4.69, 9.17) is 4.74 Å². The lowest BCUT2D eigenvalue weighted by Crippen LogP contribution is -2.40. The molecule has 0 radical (unpaired) electrons. The third kappa shape index (κ3) is 4.34. The van der Waals surface area contributed by atoms with Crippen LogP contribution in [0.2, 0.25) is 0 Å². The Labute approximate surface area is 121 Å². The summed E-state index contributed by atoms with van der Waals surface area (Å²) >= 11 is 0. The molecule has 3 nitrogen and oxygen atoms in total. The molecule has 1 aromatic rings. The number of nitrogens with one attached hydrogen (secondary N) is 1. The Morgan fingerprint density at radius 2 is 2.00 bits per heavy atom. The molecule has 0 heterocycles. The van der Waals surface area contributed by atoms with Gasteiger partial charge in [0, 0.05) is 19.8 Å². The molecular weight excluding hydrogens is 250 g/mol. The largest absolute Gasteiger partial charge is 0.381 e. The van der Waals surface area contributed by atoms with Gasteiger partial charge in [0.25, 0.3) is 0 Å². The number of hydrogen-bond donors (Lipinski definition) is 1. The average molecular weight is 275 g/mol. The normalized spacial score (nSPS) is 15.1. The quantitative estimate of drug-likeness (QED) is 0.741. The lowest BCUT2D eigenvalue weighted by Gasteiger charge is -2.24. The van der Waals surface area contributed by atoms with Crippen LogP contribution in [0.4, 0.5) is 0 Å². The van der Waals surface area contributed by atoms with Gasteiger partial charge in [0.05, 0.1) is 5.41 Å². The number of ether oxygens (including phenoxy) is 1. The first kappa shape index (κ1) is 15.0. The zero-order chi connectivity index (χ0) is 14.4. The molecule has 0 bridgehead atoms. The second-order valence-corrected chi connectivity index (χ2v) is 6.12. The number of hydrogen-bond acceptors (Lipinski definition) is 2. The van der Waals surface area contributed by atoms with E-state index in [1.165, 1.54) is 12.8 Å². The van der Waals surface area contributed by atoms with E-state index in [0.29, 0.717) is 6.54 Å². The number of carbonyl (C=O) groups is 1. The molecule has 1 saturated carbocycles. The zero-order valence-electron chi connectivity index (χ0n) is 12.5. The highest BCUT2D eigenvalue weighted by Gasteiger charge is 2.29. The van der Waals surface area contributed by atoms with Gasteiger partial charge in [0.1, 0.15) is 0 Å². The maximum Gasteiger partial charge on any atom is 0.230 e. The molecule has 110 valence electrons. The molecular formula is C17H25NO2. The van der Waals surface area contributed by atoms with Gasteiger partial charge in [0.2, 0.25) is 5.91 Å². The van der Waals surface area contributed by atoms with Gasteiger partial charge in [-0.3, -0.25) is 4.79 Å². The molecule has 3 heteroatoms. The van der Waals surface area contributed by atoms with Crippen LogP contribution >= 0.6 is 0 Å². The molecule has 0 aliphatic heterocycles. The van der Waals surface area contributed by atoms with Gasteiger partial charge in [-0.15, -0.1) is 0 Å². The zero-order valence-corrected chi connectivity index (χ0v) is 12.5. The monoisotopic (exact) mass is 275 g/mol. The van der Waals surface area contributed by atoms with E-state index in [2.05, 4.69) is 5.32 Å². The molecule has 1 fully saturated rings. The van der Waals surface area contributed by atoms with Gasteiger partial charge in [-0.2, -0.15) is 0 Å². The molecule has 1 aliphatic rings. The summed E-state index contributed by atoms with van der Waals surface area (Å²) in [5.74, 6) is 0.882. The first-order valence-corrected chi connectivity index (χ1v) is 7.52. The average Bonchev–Trinajstić information content (AvgIpc) is 3.27. The minimum atomic E-state index is -0.490. The van der Waals surface area contributed by atoms with Crippen molar-refractivity contribution >= 4 is 5.91 Å². The Bertz CT molecular complexity index is 424. The highest BCUT2D eigenvalue weighted by Crippen LogP contribution is 2.28. The number of carbonyl (C=O) groups excluding carboxylic acids is 1. The lowest BCUT2D eigenvalue weighted by atomic mass is 9.84. The number of benzene rings is 1. The van der Waals surface area contributed by atoms with Crippen molar-refractivity contribution in [2.24, 2.45) is 5.92 Å². The fraction of sp³-hybridized carbons (Fsp3) is 0.588. The Morgan fingerprint density at radius 1 is 1.30 bits per heavy atom. The van der Waals surface area contributed by atoms with E-state index >= 15 is 0 Å². The Balaban J connectivity index is 1.67. The first-order valence-electron chi connectivity index (χ1n) is 7.52. The molecule has 1 N–H and O–H groups in total. The van der Waals surface area contributed by atoms with Crippen molar-refractivity contribution in [2.75, 3.05) is 19.8 Å². The van der Waals surface area contributed by atoms with Crippen molar-refractivity contribution in [2.45, 2.75) is 38.5 Å². The van der Waals surface area contributed by atoms with Gasteiger partial charge in [-0.1, -0.05) is 30.3 Å². The standard InChI is InChI=1S/C17H25NO2/c1-17(2,15-7-4-3-5-8-15)16(19)18-11-6-12-20-13-14-9-10-14/h3-5,7-8,14H,6,9-13H2,1-2H3,(H,18,19). The van der Waals surface area contributed by atoms with Gasteiger partial charge in [0.15, 0.2) is 0 Å². The lowest BCUT2D eigenvalue weighted by molar-refractivity contribution is -0.125. The van der Waals surface area contributed by atoms with Crippen molar-refractivity contribution in [1.82, 2.24) is 5.32 Å². The molecule has 0 atom stereocenters. The maximum absolute atomic E-state index is 12.3. The predicted molar refractivity (Wildman–Crippen MR) is 80.6 cm³/mol. The predicted octanol–water partition coefficient (Wildman–Crippen LogP) is 2.90. The summed E-state index contributed by atoms with van der Waals surface area (Å²) in [7, 11) is 0. The topological polar surface area (TPSA) is 38.3 Å². The van der Waals surface area contributed by atoms with Crippen LogP contribution in [-0.4, -0.2) is 25.7 Å².